The van der Waals surface area contributed by atoms with Crippen LogP contribution < -0.4 is 10.1 Å². The lowest BCUT2D eigenvalue weighted by molar-refractivity contribution is -0.385. The molecule has 0 fully saturated rings. The number of aromatic nitrogens is 3. The Bertz CT molecular complexity index is 1080. The lowest BCUT2D eigenvalue weighted by atomic mass is 10.2. The lowest BCUT2D eigenvalue weighted by Crippen LogP contribution is -2.19. The average Bonchev–Trinajstić information content (AvgIpc) is 3.02. The van der Waals surface area contributed by atoms with Gasteiger partial charge in [0.2, 0.25) is 5.91 Å². The van der Waals surface area contributed by atoms with Crippen LogP contribution in [0.3, 0.4) is 0 Å². The molecule has 148 valence electrons. The minimum absolute atomic E-state index is 0.126. The predicted octanol–water partition coefficient (Wildman–Crippen LogP) is 2.83. The molecule has 3 aromatic rings. The zero-order chi connectivity index (χ0) is 21.0. The molecule has 0 atom stereocenters. The van der Waals surface area contributed by atoms with Gasteiger partial charge in [0.1, 0.15) is 29.9 Å². The summed E-state index contributed by atoms with van der Waals surface area (Å²) >= 11 is 0. The summed E-state index contributed by atoms with van der Waals surface area (Å²) in [5.74, 6) is -0.0760. The number of pyridine rings is 1. The number of nitro groups is 2. The van der Waals surface area contributed by atoms with Crippen LogP contribution in [-0.4, -0.2) is 30.5 Å². The molecule has 1 amide bonds. The van der Waals surface area contributed by atoms with Crippen LogP contribution in [-0.2, 0) is 11.3 Å². The number of hydrogen-bond donors (Lipinski definition) is 1. The summed E-state index contributed by atoms with van der Waals surface area (Å²) in [6.07, 6.45) is 4.12. The topological polar surface area (TPSA) is 155 Å². The van der Waals surface area contributed by atoms with Gasteiger partial charge in [0.25, 0.3) is 5.69 Å². The summed E-state index contributed by atoms with van der Waals surface area (Å²) in [7, 11) is 0. The van der Waals surface area contributed by atoms with E-state index in [1.165, 1.54) is 31.3 Å². The maximum absolute atomic E-state index is 12.3. The van der Waals surface area contributed by atoms with Gasteiger partial charge >= 0.3 is 5.69 Å². The standard InChI is InChI=1S/C17H14N6O6/c1-11-16(23(27)28)9-21(20-11)10-17(24)19-12-5-13(22(25)26)7-15(6-12)29-14-3-2-4-18-8-14/h2-9H,10H2,1H3,(H,19,24). The van der Waals surface area contributed by atoms with E-state index >= 15 is 0 Å². The molecule has 2 aromatic heterocycles. The number of ether oxygens (including phenoxy) is 1. The Labute approximate surface area is 163 Å². The second-order valence-electron chi connectivity index (χ2n) is 5.87. The Balaban J connectivity index is 1.78. The van der Waals surface area contributed by atoms with Gasteiger partial charge in [-0.3, -0.25) is 34.7 Å². The molecule has 29 heavy (non-hydrogen) atoms. The van der Waals surface area contributed by atoms with Crippen LogP contribution in [0.2, 0.25) is 0 Å². The van der Waals surface area contributed by atoms with Crippen LogP contribution in [0.15, 0.2) is 48.9 Å². The van der Waals surface area contributed by atoms with Crippen molar-refractivity contribution in [3.63, 3.8) is 0 Å². The Morgan fingerprint density at radius 1 is 1.21 bits per heavy atom. The molecule has 0 spiro atoms. The number of hydrogen-bond acceptors (Lipinski definition) is 8. The van der Waals surface area contributed by atoms with E-state index < -0.39 is 15.8 Å². The van der Waals surface area contributed by atoms with Gasteiger partial charge in [0, 0.05) is 18.3 Å². The van der Waals surface area contributed by atoms with Crippen molar-refractivity contribution in [2.24, 2.45) is 0 Å². The first-order valence-electron chi connectivity index (χ1n) is 8.17. The van der Waals surface area contributed by atoms with E-state index in [0.29, 0.717) is 5.75 Å². The molecule has 0 radical (unpaired) electrons. The molecule has 0 aliphatic carbocycles. The summed E-state index contributed by atoms with van der Waals surface area (Å²) < 4.78 is 6.66. The van der Waals surface area contributed by atoms with E-state index in [9.17, 15) is 25.0 Å². The molecule has 0 saturated heterocycles. The third-order valence-electron chi connectivity index (χ3n) is 3.68. The van der Waals surface area contributed by atoms with Gasteiger partial charge in [0.05, 0.1) is 27.8 Å². The Kier molecular flexibility index (Phi) is 5.44. The summed E-state index contributed by atoms with van der Waals surface area (Å²) in [6, 6.07) is 7.06. The molecule has 0 aliphatic rings. The first-order chi connectivity index (χ1) is 13.8. The molecule has 0 saturated carbocycles. The largest absolute Gasteiger partial charge is 0.455 e. The Morgan fingerprint density at radius 2 is 2.00 bits per heavy atom. The highest BCUT2D eigenvalue weighted by Crippen LogP contribution is 2.29. The van der Waals surface area contributed by atoms with Crippen molar-refractivity contribution in [2.45, 2.75) is 13.5 Å². The zero-order valence-electron chi connectivity index (χ0n) is 15.0. The minimum Gasteiger partial charge on any atom is -0.455 e. The second kappa shape index (κ2) is 8.12. The number of nitro benzene ring substituents is 1. The number of amides is 1. The van der Waals surface area contributed by atoms with Gasteiger partial charge < -0.3 is 10.1 Å². The van der Waals surface area contributed by atoms with E-state index in [0.717, 1.165) is 10.9 Å². The average molecular weight is 398 g/mol. The van der Waals surface area contributed by atoms with Crippen LogP contribution >= 0.6 is 0 Å². The van der Waals surface area contributed by atoms with Gasteiger partial charge in [-0.1, -0.05) is 0 Å². The van der Waals surface area contributed by atoms with Crippen molar-refractivity contribution in [1.82, 2.24) is 14.8 Å². The number of non-ortho nitro benzene ring substituents is 1. The van der Waals surface area contributed by atoms with E-state index in [-0.39, 0.29) is 35.1 Å². The highest BCUT2D eigenvalue weighted by Gasteiger charge is 2.18. The normalized spacial score (nSPS) is 10.4. The van der Waals surface area contributed by atoms with Crippen molar-refractivity contribution in [1.29, 1.82) is 0 Å². The van der Waals surface area contributed by atoms with Crippen LogP contribution in [0.5, 0.6) is 11.5 Å². The third kappa shape index (κ3) is 4.88. The molecule has 0 bridgehead atoms. The summed E-state index contributed by atoms with van der Waals surface area (Å²) in [4.78, 5) is 37.0. The van der Waals surface area contributed by atoms with Crippen LogP contribution in [0.1, 0.15) is 5.69 Å². The van der Waals surface area contributed by atoms with Gasteiger partial charge in [-0.05, 0) is 19.1 Å². The number of rotatable bonds is 7. The molecule has 12 nitrogen and oxygen atoms in total. The SMILES string of the molecule is Cc1nn(CC(=O)Nc2cc(Oc3cccnc3)cc([N+](=O)[O-])c2)cc1[N+](=O)[O-]. The maximum Gasteiger partial charge on any atom is 0.309 e. The second-order valence-corrected chi connectivity index (χ2v) is 5.87. The fourth-order valence-corrected chi connectivity index (χ4v) is 2.48. The van der Waals surface area contributed by atoms with Crippen molar-refractivity contribution in [3.8, 4) is 11.5 Å². The zero-order valence-corrected chi connectivity index (χ0v) is 15.0. The first-order valence-corrected chi connectivity index (χ1v) is 8.17. The van der Waals surface area contributed by atoms with Gasteiger partial charge in [0.15, 0.2) is 0 Å². The van der Waals surface area contributed by atoms with Crippen molar-refractivity contribution in [2.75, 3.05) is 5.32 Å². The van der Waals surface area contributed by atoms with Gasteiger partial charge in [-0.25, -0.2) is 0 Å². The number of aryl methyl sites for hydroxylation is 1. The molecule has 0 aliphatic heterocycles. The Morgan fingerprint density at radius 3 is 2.62 bits per heavy atom. The summed E-state index contributed by atoms with van der Waals surface area (Å²) in [5.41, 5.74) is -0.195. The summed E-state index contributed by atoms with van der Waals surface area (Å²) in [6.45, 7) is 1.14. The first kappa shape index (κ1) is 19.4. The highest BCUT2D eigenvalue weighted by molar-refractivity contribution is 5.91. The third-order valence-corrected chi connectivity index (χ3v) is 3.68. The highest BCUT2D eigenvalue weighted by atomic mass is 16.6. The van der Waals surface area contributed by atoms with Gasteiger partial charge in [-0.15, -0.1) is 0 Å². The van der Waals surface area contributed by atoms with Crippen LogP contribution in [0.25, 0.3) is 0 Å². The quantitative estimate of drug-likeness (QED) is 0.470. The van der Waals surface area contributed by atoms with E-state index in [2.05, 4.69) is 15.4 Å². The number of nitrogens with zero attached hydrogens (tertiary/aromatic N) is 5. The number of anilines is 1. The fourth-order valence-electron chi connectivity index (χ4n) is 2.48. The molecular weight excluding hydrogens is 384 g/mol. The van der Waals surface area contributed by atoms with Crippen molar-refractivity contribution in [3.05, 3.63) is 74.8 Å². The number of nitrogens with one attached hydrogen (secondary N) is 1. The summed E-state index contributed by atoms with van der Waals surface area (Å²) in [5, 5.41) is 28.5. The fraction of sp³-hybridized carbons (Fsp3) is 0.118. The lowest BCUT2D eigenvalue weighted by Gasteiger charge is -2.09. The van der Waals surface area contributed by atoms with E-state index in [4.69, 9.17) is 4.74 Å². The van der Waals surface area contributed by atoms with Crippen molar-refractivity contribution < 1.29 is 19.4 Å². The molecule has 1 aromatic carbocycles. The van der Waals surface area contributed by atoms with E-state index in [1.54, 1.807) is 18.3 Å². The van der Waals surface area contributed by atoms with Gasteiger partial charge in [-0.2, -0.15) is 5.10 Å². The Hall–Kier alpha value is -4.35. The van der Waals surface area contributed by atoms with E-state index in [1.807, 2.05) is 0 Å². The molecule has 12 heteroatoms. The van der Waals surface area contributed by atoms with Crippen molar-refractivity contribution >= 4 is 23.0 Å². The number of carbonyl (C=O) groups is 1. The smallest absolute Gasteiger partial charge is 0.309 e. The molecular formula is C17H14N6O6. The van der Waals surface area contributed by atoms with Crippen LogP contribution in [0.4, 0.5) is 17.1 Å². The molecule has 3 rings (SSSR count). The molecule has 1 N–H and O–H groups in total. The minimum atomic E-state index is -0.619. The van der Waals surface area contributed by atoms with Crippen LogP contribution in [0, 0.1) is 27.2 Å². The monoisotopic (exact) mass is 398 g/mol. The predicted molar refractivity (Wildman–Crippen MR) is 99.7 cm³/mol. The number of carbonyl (C=O) groups excluding carboxylic acids is 1. The number of benzene rings is 1. The molecule has 2 heterocycles. The maximum atomic E-state index is 12.3. The molecule has 0 unspecified atom stereocenters.